The smallest absolute Gasteiger partial charge is 0.465 e. The predicted octanol–water partition coefficient (Wildman–Crippen LogP) is 2.99. The van der Waals surface area contributed by atoms with Crippen molar-refractivity contribution in [1.29, 1.82) is 0 Å². The van der Waals surface area contributed by atoms with Crippen LogP contribution in [0.4, 0.5) is 18.0 Å². The number of halogens is 3. The van der Waals surface area contributed by atoms with Gasteiger partial charge in [-0.3, -0.25) is 0 Å². The van der Waals surface area contributed by atoms with Crippen LogP contribution in [0.15, 0.2) is 12.1 Å². The van der Waals surface area contributed by atoms with Gasteiger partial charge in [0.2, 0.25) is 0 Å². The fraction of sp³-hybridized carbons (Fsp3) is 0.529. The molecule has 0 unspecified atom stereocenters. The first-order chi connectivity index (χ1) is 13.1. The molecule has 0 aliphatic carbocycles. The van der Waals surface area contributed by atoms with Crippen molar-refractivity contribution in [2.24, 2.45) is 0 Å². The molecule has 0 aromatic heterocycles. The van der Waals surface area contributed by atoms with Crippen molar-refractivity contribution >= 4 is 22.2 Å². The van der Waals surface area contributed by atoms with Crippen molar-refractivity contribution in [3.8, 4) is 5.75 Å². The first-order valence-electron chi connectivity index (χ1n) is 8.37. The first kappa shape index (κ1) is 22.8. The fourth-order valence-corrected chi connectivity index (χ4v) is 3.04. The molecule has 12 heteroatoms. The summed E-state index contributed by atoms with van der Waals surface area (Å²) in [6.45, 7) is 5.29. The van der Waals surface area contributed by atoms with Crippen LogP contribution in [0.3, 0.4) is 0 Å². The number of benzene rings is 1. The zero-order chi connectivity index (χ0) is 22.2. The van der Waals surface area contributed by atoms with Gasteiger partial charge in [-0.05, 0) is 50.5 Å². The third-order valence-electron chi connectivity index (χ3n) is 3.85. The lowest BCUT2D eigenvalue weighted by Crippen LogP contribution is -2.40. The van der Waals surface area contributed by atoms with Gasteiger partial charge < -0.3 is 18.6 Å². The molecule has 0 saturated carbocycles. The number of hydrogen-bond donors (Lipinski definition) is 0. The molecule has 1 heterocycles. The van der Waals surface area contributed by atoms with Gasteiger partial charge in [0, 0.05) is 13.1 Å². The summed E-state index contributed by atoms with van der Waals surface area (Å²) in [5, 5.41) is 0. The Bertz CT molecular complexity index is 920. The van der Waals surface area contributed by atoms with Crippen LogP contribution in [0.1, 0.15) is 42.3 Å². The molecule has 8 nitrogen and oxygen atoms in total. The Kier molecular flexibility index (Phi) is 6.07. The first-order valence-corrected chi connectivity index (χ1v) is 9.78. The summed E-state index contributed by atoms with van der Waals surface area (Å²) in [4.78, 5) is 25.6. The van der Waals surface area contributed by atoms with Crippen molar-refractivity contribution in [3.63, 3.8) is 0 Å². The summed E-state index contributed by atoms with van der Waals surface area (Å²) in [5.41, 5.74) is -6.03. The lowest BCUT2D eigenvalue weighted by Gasteiger charge is -2.31. The van der Waals surface area contributed by atoms with Gasteiger partial charge in [0.05, 0.1) is 7.11 Å². The summed E-state index contributed by atoms with van der Waals surface area (Å²) < 4.78 is 74.7. The molecular formula is C17H20F3NO7S. The average molecular weight is 439 g/mol. The molecule has 2 rings (SSSR count). The second-order valence-corrected chi connectivity index (χ2v) is 8.78. The third-order valence-corrected chi connectivity index (χ3v) is 4.82. The topological polar surface area (TPSA) is 99.2 Å². The van der Waals surface area contributed by atoms with Crippen molar-refractivity contribution in [1.82, 2.24) is 4.90 Å². The molecule has 1 aliphatic rings. The summed E-state index contributed by atoms with van der Waals surface area (Å²) >= 11 is 0. The van der Waals surface area contributed by atoms with Crippen LogP contribution in [-0.4, -0.2) is 50.1 Å². The molecule has 0 N–H and O–H groups in total. The third kappa shape index (κ3) is 5.31. The number of esters is 1. The van der Waals surface area contributed by atoms with E-state index in [4.69, 9.17) is 4.74 Å². The van der Waals surface area contributed by atoms with Crippen LogP contribution in [0.5, 0.6) is 5.75 Å². The van der Waals surface area contributed by atoms with E-state index in [1.165, 1.54) is 4.90 Å². The van der Waals surface area contributed by atoms with Crippen LogP contribution in [0.2, 0.25) is 0 Å². The number of nitrogens with zero attached hydrogens (tertiary/aromatic N) is 1. The van der Waals surface area contributed by atoms with Gasteiger partial charge in [-0.2, -0.15) is 21.6 Å². The number of alkyl halides is 3. The second-order valence-electron chi connectivity index (χ2n) is 7.24. The van der Waals surface area contributed by atoms with Gasteiger partial charge in [0.1, 0.15) is 11.2 Å². The lowest BCUT2D eigenvalue weighted by molar-refractivity contribution is -0.0500. The molecule has 29 heavy (non-hydrogen) atoms. The number of ether oxygens (including phenoxy) is 2. The van der Waals surface area contributed by atoms with E-state index < -0.39 is 44.6 Å². The quantitative estimate of drug-likeness (QED) is 0.406. The van der Waals surface area contributed by atoms with Crippen molar-refractivity contribution in [2.45, 2.75) is 44.8 Å². The van der Waals surface area contributed by atoms with Crippen LogP contribution >= 0.6 is 0 Å². The zero-order valence-electron chi connectivity index (χ0n) is 16.1. The average Bonchev–Trinajstić information content (AvgIpc) is 2.57. The maximum Gasteiger partial charge on any atom is 0.534 e. The summed E-state index contributed by atoms with van der Waals surface area (Å²) in [5.74, 6) is -1.88. The number of fused-ring (bicyclic) bond motifs is 1. The highest BCUT2D eigenvalue weighted by atomic mass is 32.2. The van der Waals surface area contributed by atoms with Gasteiger partial charge in [-0.25, -0.2) is 9.59 Å². The molecule has 1 aliphatic heterocycles. The van der Waals surface area contributed by atoms with Crippen LogP contribution in [-0.2, 0) is 32.6 Å². The lowest BCUT2D eigenvalue weighted by atomic mass is 9.96. The minimum atomic E-state index is -5.98. The maximum absolute atomic E-state index is 12.7. The fourth-order valence-electron chi connectivity index (χ4n) is 2.57. The van der Waals surface area contributed by atoms with Crippen LogP contribution < -0.4 is 4.18 Å². The zero-order valence-corrected chi connectivity index (χ0v) is 16.9. The largest absolute Gasteiger partial charge is 0.534 e. The molecule has 1 amide bonds. The van der Waals surface area contributed by atoms with E-state index in [0.717, 1.165) is 19.2 Å². The number of carbonyl (C=O) groups is 2. The highest BCUT2D eigenvalue weighted by Crippen LogP contribution is 2.33. The molecule has 1 aromatic rings. The number of amides is 1. The molecule has 0 spiro atoms. The molecule has 0 radical (unpaired) electrons. The SMILES string of the molecule is COC(=O)c1cc2c(cc1OS(=O)(=O)C(F)(F)F)CCN(C(=O)OC(C)(C)C)C2. The molecule has 0 saturated heterocycles. The van der Waals surface area contributed by atoms with Crippen molar-refractivity contribution < 1.29 is 44.8 Å². The normalized spacial score (nSPS) is 14.8. The van der Waals surface area contributed by atoms with Gasteiger partial charge in [-0.15, -0.1) is 0 Å². The van der Waals surface area contributed by atoms with E-state index in [9.17, 15) is 31.2 Å². The Morgan fingerprint density at radius 2 is 1.72 bits per heavy atom. The van der Waals surface area contributed by atoms with E-state index in [0.29, 0.717) is 11.1 Å². The van der Waals surface area contributed by atoms with Gasteiger partial charge in [0.15, 0.2) is 5.75 Å². The van der Waals surface area contributed by atoms with Gasteiger partial charge in [0.25, 0.3) is 0 Å². The Morgan fingerprint density at radius 3 is 2.24 bits per heavy atom. The van der Waals surface area contributed by atoms with Crippen molar-refractivity contribution in [3.05, 3.63) is 28.8 Å². The Hall–Kier alpha value is -2.50. The van der Waals surface area contributed by atoms with Crippen LogP contribution in [0.25, 0.3) is 0 Å². The number of rotatable bonds is 3. The molecule has 0 fully saturated rings. The second kappa shape index (κ2) is 7.73. The highest BCUT2D eigenvalue weighted by molar-refractivity contribution is 7.88. The number of hydrogen-bond acceptors (Lipinski definition) is 7. The molecule has 0 bridgehead atoms. The Labute approximate surface area is 165 Å². The van der Waals surface area contributed by atoms with Gasteiger partial charge >= 0.3 is 27.7 Å². The molecule has 1 aromatic carbocycles. The van der Waals surface area contributed by atoms with E-state index >= 15 is 0 Å². The Balaban J connectivity index is 2.40. The van der Waals surface area contributed by atoms with E-state index in [1.54, 1.807) is 20.8 Å². The van der Waals surface area contributed by atoms with E-state index in [1.807, 2.05) is 0 Å². The van der Waals surface area contributed by atoms with E-state index in [2.05, 4.69) is 8.92 Å². The maximum atomic E-state index is 12.7. The summed E-state index contributed by atoms with van der Waals surface area (Å²) in [7, 11) is -5.00. The monoisotopic (exact) mass is 439 g/mol. The standard InChI is InChI=1S/C17H20F3NO7S/c1-16(2,3)27-15(23)21-6-5-10-8-13(28-29(24,25)17(18,19)20)12(14(22)26-4)7-11(10)9-21/h7-8H,5-6,9H2,1-4H3. The summed E-state index contributed by atoms with van der Waals surface area (Å²) in [6, 6.07) is 2.19. The van der Waals surface area contributed by atoms with Gasteiger partial charge in [-0.1, -0.05) is 0 Å². The molecule has 0 atom stereocenters. The minimum absolute atomic E-state index is 0.0144. The van der Waals surface area contributed by atoms with Crippen molar-refractivity contribution in [2.75, 3.05) is 13.7 Å². The number of carbonyl (C=O) groups excluding carboxylic acids is 2. The summed E-state index contributed by atoms with van der Waals surface area (Å²) in [6.07, 6.45) is -0.402. The van der Waals surface area contributed by atoms with Crippen LogP contribution in [0, 0.1) is 0 Å². The van der Waals surface area contributed by atoms with E-state index in [-0.39, 0.29) is 19.5 Å². The minimum Gasteiger partial charge on any atom is -0.465 e. The number of methoxy groups -OCH3 is 1. The Morgan fingerprint density at radius 1 is 1.10 bits per heavy atom. The predicted molar refractivity (Wildman–Crippen MR) is 93.7 cm³/mol. The highest BCUT2D eigenvalue weighted by Gasteiger charge is 2.49. The molecular weight excluding hydrogens is 419 g/mol. The molecule has 162 valence electrons.